The Morgan fingerprint density at radius 2 is 1.68 bits per heavy atom. The van der Waals surface area contributed by atoms with Gasteiger partial charge in [0.2, 0.25) is 5.78 Å². The summed E-state index contributed by atoms with van der Waals surface area (Å²) < 4.78 is 37.1. The first-order chi connectivity index (χ1) is 8.88. The summed E-state index contributed by atoms with van der Waals surface area (Å²) in [7, 11) is 0. The molecule has 0 unspecified atom stereocenters. The molecule has 98 valence electrons. The molecule has 1 aromatic heterocycles. The van der Waals surface area contributed by atoms with Crippen LogP contribution in [0.25, 0.3) is 0 Å². The zero-order valence-electron chi connectivity index (χ0n) is 10.0. The highest BCUT2D eigenvalue weighted by Crippen LogP contribution is 2.28. The minimum Gasteiger partial charge on any atom is -0.287 e. The van der Waals surface area contributed by atoms with Gasteiger partial charge in [-0.15, -0.1) is 0 Å². The molecule has 0 N–H and O–H groups in total. The summed E-state index contributed by atoms with van der Waals surface area (Å²) >= 11 is 0. The number of ketones is 1. The Bertz CT molecular complexity index is 586. The molecule has 2 nitrogen and oxygen atoms in total. The summed E-state index contributed by atoms with van der Waals surface area (Å²) in [5.41, 5.74) is 0.527. The molecule has 0 spiro atoms. The van der Waals surface area contributed by atoms with Crippen molar-refractivity contribution in [1.82, 2.24) is 4.98 Å². The third-order valence-corrected chi connectivity index (χ3v) is 2.64. The van der Waals surface area contributed by atoms with Crippen molar-refractivity contribution in [2.75, 3.05) is 0 Å². The first-order valence-electron chi connectivity index (χ1n) is 5.52. The number of hydrogen-bond acceptors (Lipinski definition) is 2. The number of pyridine rings is 1. The topological polar surface area (TPSA) is 30.0 Å². The van der Waals surface area contributed by atoms with Crippen LogP contribution in [0.2, 0.25) is 0 Å². The van der Waals surface area contributed by atoms with Crippen molar-refractivity contribution < 1.29 is 18.0 Å². The highest BCUT2D eigenvalue weighted by molar-refractivity contribution is 6.07. The molecule has 2 rings (SSSR count). The van der Waals surface area contributed by atoms with Crippen molar-refractivity contribution in [3.8, 4) is 0 Å². The molecule has 0 bridgehead atoms. The van der Waals surface area contributed by atoms with Crippen molar-refractivity contribution in [3.05, 3.63) is 65.0 Å². The van der Waals surface area contributed by atoms with Gasteiger partial charge in [0.15, 0.2) is 0 Å². The maximum Gasteiger partial charge on any atom is 0.417 e. The molecular weight excluding hydrogens is 255 g/mol. The van der Waals surface area contributed by atoms with Gasteiger partial charge in [-0.25, -0.2) is 0 Å². The zero-order valence-corrected chi connectivity index (χ0v) is 10.0. The number of rotatable bonds is 2. The van der Waals surface area contributed by atoms with Crippen LogP contribution in [-0.2, 0) is 6.18 Å². The fourth-order valence-electron chi connectivity index (χ4n) is 1.55. The largest absolute Gasteiger partial charge is 0.417 e. The van der Waals surface area contributed by atoms with E-state index in [1.807, 2.05) is 6.92 Å². The van der Waals surface area contributed by atoms with Gasteiger partial charge in [-0.05, 0) is 19.1 Å². The molecule has 0 atom stereocenters. The maximum atomic E-state index is 12.4. The summed E-state index contributed by atoms with van der Waals surface area (Å²) in [5.74, 6) is -0.395. The van der Waals surface area contributed by atoms with E-state index in [-0.39, 0.29) is 5.69 Å². The standard InChI is InChI=1S/C14H10F3NO/c1-9-2-4-10(5-3-9)13(19)12-7-6-11(8-18-12)14(15,16)17/h2-8H,1H3. The van der Waals surface area contributed by atoms with Crippen LogP contribution in [0.5, 0.6) is 0 Å². The lowest BCUT2D eigenvalue weighted by Crippen LogP contribution is -2.09. The Morgan fingerprint density at radius 3 is 2.16 bits per heavy atom. The van der Waals surface area contributed by atoms with Crippen molar-refractivity contribution >= 4 is 5.78 Å². The van der Waals surface area contributed by atoms with Crippen LogP contribution in [0.15, 0.2) is 42.6 Å². The van der Waals surface area contributed by atoms with Crippen LogP contribution in [0.3, 0.4) is 0 Å². The van der Waals surface area contributed by atoms with Crippen LogP contribution in [0, 0.1) is 6.92 Å². The number of aryl methyl sites for hydroxylation is 1. The lowest BCUT2D eigenvalue weighted by molar-refractivity contribution is -0.137. The van der Waals surface area contributed by atoms with Gasteiger partial charge in [-0.3, -0.25) is 9.78 Å². The fourth-order valence-corrected chi connectivity index (χ4v) is 1.55. The van der Waals surface area contributed by atoms with Crippen LogP contribution in [-0.4, -0.2) is 10.8 Å². The summed E-state index contributed by atoms with van der Waals surface area (Å²) in [6.07, 6.45) is -3.78. The van der Waals surface area contributed by atoms with Gasteiger partial charge >= 0.3 is 6.18 Å². The molecule has 0 aliphatic rings. The van der Waals surface area contributed by atoms with Crippen molar-refractivity contribution in [1.29, 1.82) is 0 Å². The molecule has 1 heterocycles. The second-order valence-electron chi connectivity index (χ2n) is 4.13. The molecule has 0 aliphatic heterocycles. The maximum absolute atomic E-state index is 12.4. The Balaban J connectivity index is 2.27. The third kappa shape index (κ3) is 2.99. The van der Waals surface area contributed by atoms with E-state index in [0.29, 0.717) is 11.8 Å². The minimum atomic E-state index is -4.45. The molecule has 19 heavy (non-hydrogen) atoms. The average molecular weight is 265 g/mol. The SMILES string of the molecule is Cc1ccc(C(=O)c2ccc(C(F)(F)F)cn2)cc1. The molecule has 0 radical (unpaired) electrons. The number of halogens is 3. The Labute approximate surface area is 107 Å². The number of carbonyl (C=O) groups excluding carboxylic acids is 1. The van der Waals surface area contributed by atoms with Crippen LogP contribution >= 0.6 is 0 Å². The number of alkyl halides is 3. The molecule has 1 aromatic carbocycles. The molecular formula is C14H10F3NO. The molecule has 0 amide bonds. The molecule has 0 saturated heterocycles. The normalized spacial score (nSPS) is 11.4. The van der Waals surface area contributed by atoms with E-state index in [2.05, 4.69) is 4.98 Å². The minimum absolute atomic E-state index is 0.00291. The van der Waals surface area contributed by atoms with Crippen LogP contribution in [0.4, 0.5) is 13.2 Å². The van der Waals surface area contributed by atoms with Crippen molar-refractivity contribution in [2.45, 2.75) is 13.1 Å². The van der Waals surface area contributed by atoms with Crippen molar-refractivity contribution in [3.63, 3.8) is 0 Å². The average Bonchev–Trinajstić information content (AvgIpc) is 2.38. The highest BCUT2D eigenvalue weighted by Gasteiger charge is 2.30. The number of nitrogens with zero attached hydrogens (tertiary/aromatic N) is 1. The van der Waals surface area contributed by atoms with E-state index < -0.39 is 17.5 Å². The fraction of sp³-hybridized carbons (Fsp3) is 0.143. The monoisotopic (exact) mass is 265 g/mol. The second-order valence-corrected chi connectivity index (χ2v) is 4.13. The van der Waals surface area contributed by atoms with Gasteiger partial charge in [0, 0.05) is 11.8 Å². The van der Waals surface area contributed by atoms with Gasteiger partial charge in [0.25, 0.3) is 0 Å². The van der Waals surface area contributed by atoms with E-state index in [1.165, 1.54) is 0 Å². The predicted octanol–water partition coefficient (Wildman–Crippen LogP) is 3.64. The van der Waals surface area contributed by atoms with E-state index in [4.69, 9.17) is 0 Å². The van der Waals surface area contributed by atoms with Gasteiger partial charge < -0.3 is 0 Å². The lowest BCUT2D eigenvalue weighted by atomic mass is 10.1. The first kappa shape index (κ1) is 13.3. The number of hydrogen-bond donors (Lipinski definition) is 0. The van der Waals surface area contributed by atoms with Crippen LogP contribution < -0.4 is 0 Å². The summed E-state index contributed by atoms with van der Waals surface area (Å²) in [6.45, 7) is 1.88. The van der Waals surface area contributed by atoms with E-state index >= 15 is 0 Å². The molecule has 0 aliphatic carbocycles. The second kappa shape index (κ2) is 4.84. The third-order valence-electron chi connectivity index (χ3n) is 2.64. The van der Waals surface area contributed by atoms with Gasteiger partial charge in [0.1, 0.15) is 5.69 Å². The first-order valence-corrected chi connectivity index (χ1v) is 5.52. The van der Waals surface area contributed by atoms with Gasteiger partial charge in [0.05, 0.1) is 5.56 Å². The van der Waals surface area contributed by atoms with E-state index in [0.717, 1.165) is 17.7 Å². The number of aromatic nitrogens is 1. The molecule has 0 saturated carbocycles. The zero-order chi connectivity index (χ0) is 14.0. The smallest absolute Gasteiger partial charge is 0.287 e. The lowest BCUT2D eigenvalue weighted by Gasteiger charge is -2.06. The highest BCUT2D eigenvalue weighted by atomic mass is 19.4. The number of carbonyl (C=O) groups is 1. The Hall–Kier alpha value is -2.17. The Morgan fingerprint density at radius 1 is 1.05 bits per heavy atom. The predicted molar refractivity (Wildman–Crippen MR) is 63.9 cm³/mol. The van der Waals surface area contributed by atoms with E-state index in [9.17, 15) is 18.0 Å². The molecule has 5 heteroatoms. The Kier molecular flexibility index (Phi) is 3.38. The summed E-state index contributed by atoms with van der Waals surface area (Å²) in [4.78, 5) is 15.5. The van der Waals surface area contributed by atoms with Gasteiger partial charge in [-0.1, -0.05) is 29.8 Å². The molecule has 0 fully saturated rings. The molecule has 2 aromatic rings. The van der Waals surface area contributed by atoms with E-state index in [1.54, 1.807) is 24.3 Å². The summed E-state index contributed by atoms with van der Waals surface area (Å²) in [6, 6.07) is 8.71. The number of benzene rings is 1. The van der Waals surface area contributed by atoms with Gasteiger partial charge in [-0.2, -0.15) is 13.2 Å². The van der Waals surface area contributed by atoms with Crippen molar-refractivity contribution in [2.24, 2.45) is 0 Å². The summed E-state index contributed by atoms with van der Waals surface area (Å²) in [5, 5.41) is 0. The quantitative estimate of drug-likeness (QED) is 0.776. The van der Waals surface area contributed by atoms with Crippen LogP contribution in [0.1, 0.15) is 27.2 Å².